The Morgan fingerprint density at radius 1 is 0.964 bits per heavy atom. The van der Waals surface area contributed by atoms with Crippen LogP contribution >= 0.6 is 0 Å². The lowest BCUT2D eigenvalue weighted by molar-refractivity contribution is -0.425. The van der Waals surface area contributed by atoms with Crippen molar-refractivity contribution >= 4 is 17.7 Å². The number of hydrogen-bond donors (Lipinski definition) is 0. The van der Waals surface area contributed by atoms with E-state index in [0.717, 1.165) is 25.9 Å². The monoisotopic (exact) mass is 377 g/mol. The Morgan fingerprint density at radius 2 is 1.61 bits per heavy atom. The highest BCUT2D eigenvalue weighted by Crippen LogP contribution is 2.34. The summed E-state index contributed by atoms with van der Waals surface area (Å²) in [5.74, 6) is 0.584. The smallest absolute Gasteiger partial charge is 0.229 e. The molecule has 3 rings (SSSR count). The van der Waals surface area contributed by atoms with E-state index in [-0.39, 0.29) is 0 Å². The SMILES string of the molecule is CCCc1cccc(CCC)c1N1C=[N+](c2c(C)cccc2C(C)CC)CC1. The van der Waals surface area contributed by atoms with Crippen LogP contribution in [0.2, 0.25) is 0 Å². The van der Waals surface area contributed by atoms with Gasteiger partial charge in [0.2, 0.25) is 6.34 Å². The number of aryl methyl sites for hydroxylation is 3. The molecule has 0 amide bonds. The summed E-state index contributed by atoms with van der Waals surface area (Å²) in [5.41, 5.74) is 8.75. The molecule has 150 valence electrons. The number of para-hydroxylation sites is 2. The molecule has 1 aliphatic rings. The van der Waals surface area contributed by atoms with Gasteiger partial charge in [0.05, 0.1) is 0 Å². The minimum Gasteiger partial charge on any atom is -0.229 e. The first kappa shape index (κ1) is 20.6. The van der Waals surface area contributed by atoms with Gasteiger partial charge in [-0.2, -0.15) is 0 Å². The fourth-order valence-electron chi connectivity index (χ4n) is 4.49. The van der Waals surface area contributed by atoms with Gasteiger partial charge in [0.25, 0.3) is 0 Å². The molecule has 0 saturated heterocycles. The van der Waals surface area contributed by atoms with Gasteiger partial charge in [-0.1, -0.05) is 76.9 Å². The molecular weight excluding hydrogens is 340 g/mol. The predicted molar refractivity (Wildman–Crippen MR) is 123 cm³/mol. The molecule has 1 unspecified atom stereocenters. The van der Waals surface area contributed by atoms with Crippen molar-refractivity contribution in [3.63, 3.8) is 0 Å². The zero-order chi connectivity index (χ0) is 20.1. The summed E-state index contributed by atoms with van der Waals surface area (Å²) in [7, 11) is 0. The van der Waals surface area contributed by atoms with Crippen molar-refractivity contribution in [3.8, 4) is 0 Å². The summed E-state index contributed by atoms with van der Waals surface area (Å²) in [5, 5.41) is 0. The van der Waals surface area contributed by atoms with Crippen molar-refractivity contribution in [2.75, 3.05) is 18.0 Å². The third-order valence-electron chi connectivity index (χ3n) is 6.09. The standard InChI is InChI=1S/C26H37N2/c1-6-11-22-14-10-15-23(12-7-2)26(22)28-18-17-27(19-28)25-21(5)13-9-16-24(25)20(4)8-3/h9-10,13-16,19-20H,6-8,11-12,17-18H2,1-5H3/q+1. The molecule has 0 saturated carbocycles. The van der Waals surface area contributed by atoms with E-state index < -0.39 is 0 Å². The lowest BCUT2D eigenvalue weighted by atomic mass is 9.94. The molecule has 0 radical (unpaired) electrons. The Labute approximate surface area is 171 Å². The van der Waals surface area contributed by atoms with Crippen LogP contribution in [0.4, 0.5) is 11.4 Å². The van der Waals surface area contributed by atoms with Crippen molar-refractivity contribution in [1.29, 1.82) is 0 Å². The van der Waals surface area contributed by atoms with Gasteiger partial charge in [-0.3, -0.25) is 0 Å². The van der Waals surface area contributed by atoms with Crippen LogP contribution in [-0.4, -0.2) is 24.0 Å². The fraction of sp³-hybridized carbons (Fsp3) is 0.500. The molecule has 0 N–H and O–H groups in total. The van der Waals surface area contributed by atoms with E-state index in [1.54, 1.807) is 0 Å². The Balaban J connectivity index is 2.04. The van der Waals surface area contributed by atoms with E-state index in [9.17, 15) is 0 Å². The Kier molecular flexibility index (Phi) is 6.93. The summed E-state index contributed by atoms with van der Waals surface area (Å²) in [6.45, 7) is 13.6. The van der Waals surface area contributed by atoms with Crippen LogP contribution in [0.3, 0.4) is 0 Å². The molecule has 0 aromatic heterocycles. The van der Waals surface area contributed by atoms with Crippen LogP contribution in [0.15, 0.2) is 36.4 Å². The average Bonchev–Trinajstić information content (AvgIpc) is 3.17. The van der Waals surface area contributed by atoms with Gasteiger partial charge in [0, 0.05) is 5.56 Å². The second-order valence-electron chi connectivity index (χ2n) is 8.25. The van der Waals surface area contributed by atoms with Crippen LogP contribution in [0.5, 0.6) is 0 Å². The lowest BCUT2D eigenvalue weighted by Gasteiger charge is -2.17. The zero-order valence-electron chi connectivity index (χ0n) is 18.5. The molecule has 2 heteroatoms. The van der Waals surface area contributed by atoms with Gasteiger partial charge < -0.3 is 0 Å². The van der Waals surface area contributed by atoms with E-state index in [0.29, 0.717) is 5.92 Å². The highest BCUT2D eigenvalue weighted by atomic mass is 15.3. The Morgan fingerprint density at radius 3 is 2.21 bits per heavy atom. The van der Waals surface area contributed by atoms with Crippen LogP contribution in [0, 0.1) is 6.92 Å². The van der Waals surface area contributed by atoms with Gasteiger partial charge in [-0.05, 0) is 48.8 Å². The van der Waals surface area contributed by atoms with Gasteiger partial charge in [-0.25, -0.2) is 9.48 Å². The third-order valence-corrected chi connectivity index (χ3v) is 6.09. The minimum absolute atomic E-state index is 0.584. The predicted octanol–water partition coefficient (Wildman–Crippen LogP) is 6.61. The zero-order valence-corrected chi connectivity index (χ0v) is 18.5. The summed E-state index contributed by atoms with van der Waals surface area (Å²) in [4.78, 5) is 2.52. The van der Waals surface area contributed by atoms with Crippen LogP contribution in [0.25, 0.3) is 0 Å². The molecule has 28 heavy (non-hydrogen) atoms. The van der Waals surface area contributed by atoms with E-state index in [4.69, 9.17) is 0 Å². The molecular formula is C26H37N2+. The topological polar surface area (TPSA) is 6.25 Å². The molecule has 2 aromatic carbocycles. The van der Waals surface area contributed by atoms with Crippen LogP contribution < -0.4 is 4.90 Å². The van der Waals surface area contributed by atoms with Crippen molar-refractivity contribution in [2.24, 2.45) is 0 Å². The number of anilines is 1. The molecule has 2 aromatic rings. The largest absolute Gasteiger partial charge is 0.244 e. The first-order chi connectivity index (χ1) is 13.6. The molecule has 0 bridgehead atoms. The maximum Gasteiger partial charge on any atom is 0.244 e. The molecule has 0 fully saturated rings. The highest BCUT2D eigenvalue weighted by Gasteiger charge is 2.29. The van der Waals surface area contributed by atoms with E-state index >= 15 is 0 Å². The van der Waals surface area contributed by atoms with Gasteiger partial charge in [0.15, 0.2) is 0 Å². The third kappa shape index (κ3) is 4.16. The lowest BCUT2D eigenvalue weighted by Crippen LogP contribution is -2.21. The normalized spacial score (nSPS) is 15.0. The molecule has 1 aliphatic heterocycles. The quantitative estimate of drug-likeness (QED) is 0.469. The Hall–Kier alpha value is -2.09. The van der Waals surface area contributed by atoms with Crippen molar-refractivity contribution in [3.05, 3.63) is 58.7 Å². The van der Waals surface area contributed by atoms with Crippen molar-refractivity contribution < 1.29 is 4.58 Å². The number of rotatable bonds is 8. The number of nitrogens with zero attached hydrogens (tertiary/aromatic N) is 2. The second-order valence-corrected chi connectivity index (χ2v) is 8.25. The fourth-order valence-corrected chi connectivity index (χ4v) is 4.49. The maximum absolute atomic E-state index is 2.52. The van der Waals surface area contributed by atoms with Crippen molar-refractivity contribution in [2.45, 2.75) is 72.6 Å². The maximum atomic E-state index is 2.52. The number of hydrogen-bond acceptors (Lipinski definition) is 1. The summed E-state index contributed by atoms with van der Waals surface area (Å²) in [6.07, 6.45) is 8.24. The summed E-state index contributed by atoms with van der Waals surface area (Å²) >= 11 is 0. The van der Waals surface area contributed by atoms with Crippen LogP contribution in [-0.2, 0) is 12.8 Å². The average molecular weight is 378 g/mol. The molecule has 0 spiro atoms. The molecule has 0 aliphatic carbocycles. The van der Waals surface area contributed by atoms with Gasteiger partial charge >= 0.3 is 0 Å². The van der Waals surface area contributed by atoms with Crippen LogP contribution in [0.1, 0.15) is 75.1 Å². The molecule has 1 heterocycles. The minimum atomic E-state index is 0.584. The van der Waals surface area contributed by atoms with Crippen molar-refractivity contribution in [1.82, 2.24) is 0 Å². The number of benzene rings is 2. The van der Waals surface area contributed by atoms with E-state index in [1.807, 2.05) is 0 Å². The van der Waals surface area contributed by atoms with Gasteiger partial charge in [0.1, 0.15) is 24.5 Å². The highest BCUT2D eigenvalue weighted by molar-refractivity contribution is 5.82. The van der Waals surface area contributed by atoms with Gasteiger partial charge in [-0.15, -0.1) is 0 Å². The first-order valence-electron chi connectivity index (χ1n) is 11.2. The Bertz CT molecular complexity index is 810. The molecule has 1 atom stereocenters. The summed E-state index contributed by atoms with van der Waals surface area (Å²) in [6, 6.07) is 13.7. The van der Waals surface area contributed by atoms with E-state index in [1.165, 1.54) is 52.9 Å². The summed E-state index contributed by atoms with van der Waals surface area (Å²) < 4.78 is 2.50. The second kappa shape index (κ2) is 9.41. The van der Waals surface area contributed by atoms with E-state index in [2.05, 4.69) is 86.8 Å². The molecule has 2 nitrogen and oxygen atoms in total. The first-order valence-corrected chi connectivity index (χ1v) is 11.2.